The number of anilines is 1. The Bertz CT molecular complexity index is 388. The van der Waals surface area contributed by atoms with Crippen molar-refractivity contribution in [2.24, 2.45) is 0 Å². The number of carbonyl (C=O) groups excluding carboxylic acids is 1. The zero-order valence-electron chi connectivity index (χ0n) is 14.5. The first-order valence-electron chi connectivity index (χ1n) is 9.15. The predicted molar refractivity (Wildman–Crippen MR) is 96.3 cm³/mol. The van der Waals surface area contributed by atoms with E-state index in [0.717, 1.165) is 31.5 Å². The van der Waals surface area contributed by atoms with E-state index in [9.17, 15) is 4.79 Å². The molecule has 0 spiro atoms. The summed E-state index contributed by atoms with van der Waals surface area (Å²) in [5.41, 5.74) is 1.05. The van der Waals surface area contributed by atoms with Crippen molar-refractivity contribution in [3.8, 4) is 0 Å². The van der Waals surface area contributed by atoms with Crippen LogP contribution >= 0.6 is 0 Å². The molecule has 0 atom stereocenters. The Balaban J connectivity index is 2.34. The molecule has 0 aliphatic heterocycles. The zero-order chi connectivity index (χ0) is 16.0. The van der Waals surface area contributed by atoms with Crippen molar-refractivity contribution in [1.29, 1.82) is 0 Å². The summed E-state index contributed by atoms with van der Waals surface area (Å²) in [6, 6.07) is 10.1. The van der Waals surface area contributed by atoms with E-state index < -0.39 is 0 Å². The lowest BCUT2D eigenvalue weighted by Gasteiger charge is -2.22. The largest absolute Gasteiger partial charge is 0.312 e. The van der Waals surface area contributed by atoms with Crippen LogP contribution in [0.25, 0.3) is 0 Å². The van der Waals surface area contributed by atoms with Crippen LogP contribution in [0.3, 0.4) is 0 Å². The molecule has 1 rings (SSSR count). The van der Waals surface area contributed by atoms with Crippen LogP contribution in [0.1, 0.15) is 78.1 Å². The number of benzene rings is 1. The van der Waals surface area contributed by atoms with Gasteiger partial charge in [0, 0.05) is 18.7 Å². The Hall–Kier alpha value is -1.31. The summed E-state index contributed by atoms with van der Waals surface area (Å²) >= 11 is 0. The summed E-state index contributed by atoms with van der Waals surface area (Å²) in [7, 11) is 0. The lowest BCUT2D eigenvalue weighted by atomic mass is 10.1. The SMILES string of the molecule is CCCCCCCCCC(=O)N(CCCC)c1ccccc1. The molecule has 0 N–H and O–H groups in total. The van der Waals surface area contributed by atoms with Gasteiger partial charge in [0.25, 0.3) is 0 Å². The van der Waals surface area contributed by atoms with Gasteiger partial charge in [-0.1, -0.05) is 77.0 Å². The highest BCUT2D eigenvalue weighted by molar-refractivity contribution is 5.93. The van der Waals surface area contributed by atoms with Crippen molar-refractivity contribution in [2.45, 2.75) is 78.1 Å². The average Bonchev–Trinajstić information content (AvgIpc) is 2.55. The number of nitrogens with zero attached hydrogens (tertiary/aromatic N) is 1. The number of hydrogen-bond acceptors (Lipinski definition) is 1. The summed E-state index contributed by atoms with van der Waals surface area (Å²) in [4.78, 5) is 14.5. The minimum Gasteiger partial charge on any atom is -0.312 e. The first kappa shape index (κ1) is 18.7. The monoisotopic (exact) mass is 303 g/mol. The minimum absolute atomic E-state index is 0.285. The van der Waals surface area contributed by atoms with Crippen LogP contribution in [0, 0.1) is 0 Å². The molecule has 2 nitrogen and oxygen atoms in total. The molecule has 2 heteroatoms. The molecular formula is C20H33NO. The van der Waals surface area contributed by atoms with Crippen LogP contribution in [0.4, 0.5) is 5.69 Å². The fraction of sp³-hybridized carbons (Fsp3) is 0.650. The zero-order valence-corrected chi connectivity index (χ0v) is 14.5. The normalized spacial score (nSPS) is 10.6. The molecule has 1 aromatic rings. The molecule has 0 fully saturated rings. The van der Waals surface area contributed by atoms with Crippen molar-refractivity contribution in [2.75, 3.05) is 11.4 Å². The van der Waals surface area contributed by atoms with Crippen molar-refractivity contribution >= 4 is 11.6 Å². The topological polar surface area (TPSA) is 20.3 Å². The number of amides is 1. The standard InChI is InChI=1S/C20H33NO/c1-3-5-7-8-9-10-14-17-20(22)21(18-6-4-2)19-15-12-11-13-16-19/h11-13,15-16H,3-10,14,17-18H2,1-2H3. The van der Waals surface area contributed by atoms with Crippen molar-refractivity contribution in [1.82, 2.24) is 0 Å². The second-order valence-electron chi connectivity index (χ2n) is 6.11. The van der Waals surface area contributed by atoms with Gasteiger partial charge in [0.2, 0.25) is 5.91 Å². The Morgan fingerprint density at radius 3 is 2.05 bits per heavy atom. The number of hydrogen-bond donors (Lipinski definition) is 0. The summed E-state index contributed by atoms with van der Waals surface area (Å²) in [5, 5.41) is 0. The van der Waals surface area contributed by atoms with E-state index in [1.165, 1.54) is 38.5 Å². The van der Waals surface area contributed by atoms with Gasteiger partial charge in [0.1, 0.15) is 0 Å². The lowest BCUT2D eigenvalue weighted by Crippen LogP contribution is -2.31. The minimum atomic E-state index is 0.285. The molecule has 0 aliphatic rings. The van der Waals surface area contributed by atoms with Gasteiger partial charge in [-0.15, -0.1) is 0 Å². The van der Waals surface area contributed by atoms with Gasteiger partial charge in [0.05, 0.1) is 0 Å². The lowest BCUT2D eigenvalue weighted by molar-refractivity contribution is -0.118. The third-order valence-corrected chi connectivity index (χ3v) is 4.10. The average molecular weight is 303 g/mol. The van der Waals surface area contributed by atoms with Gasteiger partial charge < -0.3 is 4.90 Å². The fourth-order valence-corrected chi connectivity index (χ4v) is 2.69. The van der Waals surface area contributed by atoms with Gasteiger partial charge in [-0.2, -0.15) is 0 Å². The number of carbonyl (C=O) groups is 1. The van der Waals surface area contributed by atoms with E-state index in [-0.39, 0.29) is 5.91 Å². The van der Waals surface area contributed by atoms with E-state index in [1.54, 1.807) is 0 Å². The molecule has 1 amide bonds. The summed E-state index contributed by atoms with van der Waals surface area (Å²) in [6.07, 6.45) is 11.7. The van der Waals surface area contributed by atoms with Crippen LogP contribution in [0.2, 0.25) is 0 Å². The van der Waals surface area contributed by atoms with Crippen molar-refractivity contribution in [3.63, 3.8) is 0 Å². The van der Waals surface area contributed by atoms with Gasteiger partial charge in [-0.05, 0) is 25.0 Å². The second kappa shape index (κ2) is 12.3. The van der Waals surface area contributed by atoms with Gasteiger partial charge in [0.15, 0.2) is 0 Å². The Kier molecular flexibility index (Phi) is 10.4. The summed E-state index contributed by atoms with van der Waals surface area (Å²) < 4.78 is 0. The Labute approximate surface area is 136 Å². The number of rotatable bonds is 12. The van der Waals surface area contributed by atoms with Crippen LogP contribution in [-0.2, 0) is 4.79 Å². The van der Waals surface area contributed by atoms with Crippen molar-refractivity contribution in [3.05, 3.63) is 30.3 Å². The molecule has 0 radical (unpaired) electrons. The number of para-hydroxylation sites is 1. The van der Waals surface area contributed by atoms with Gasteiger partial charge in [-0.25, -0.2) is 0 Å². The first-order valence-corrected chi connectivity index (χ1v) is 9.15. The number of unbranched alkanes of at least 4 members (excludes halogenated alkanes) is 7. The third-order valence-electron chi connectivity index (χ3n) is 4.10. The maximum atomic E-state index is 12.5. The van der Waals surface area contributed by atoms with E-state index >= 15 is 0 Å². The van der Waals surface area contributed by atoms with Crippen molar-refractivity contribution < 1.29 is 4.79 Å². The summed E-state index contributed by atoms with van der Waals surface area (Å²) in [5.74, 6) is 0.285. The molecule has 0 bridgehead atoms. The van der Waals surface area contributed by atoms with Crippen LogP contribution in [0.15, 0.2) is 30.3 Å². The maximum Gasteiger partial charge on any atom is 0.226 e. The molecule has 1 aromatic carbocycles. The van der Waals surface area contributed by atoms with E-state index in [0.29, 0.717) is 6.42 Å². The van der Waals surface area contributed by atoms with E-state index in [4.69, 9.17) is 0 Å². The van der Waals surface area contributed by atoms with Crippen LogP contribution in [-0.4, -0.2) is 12.5 Å². The highest BCUT2D eigenvalue weighted by atomic mass is 16.2. The van der Waals surface area contributed by atoms with E-state index in [2.05, 4.69) is 13.8 Å². The van der Waals surface area contributed by atoms with E-state index in [1.807, 2.05) is 35.2 Å². The quantitative estimate of drug-likeness (QED) is 0.436. The smallest absolute Gasteiger partial charge is 0.226 e. The fourth-order valence-electron chi connectivity index (χ4n) is 2.69. The van der Waals surface area contributed by atoms with Crippen LogP contribution < -0.4 is 4.90 Å². The maximum absolute atomic E-state index is 12.5. The highest BCUT2D eigenvalue weighted by Gasteiger charge is 2.14. The molecule has 0 saturated carbocycles. The summed E-state index contributed by atoms with van der Waals surface area (Å²) in [6.45, 7) is 5.26. The Morgan fingerprint density at radius 2 is 1.41 bits per heavy atom. The molecule has 0 aromatic heterocycles. The molecule has 22 heavy (non-hydrogen) atoms. The molecular weight excluding hydrogens is 270 g/mol. The molecule has 124 valence electrons. The molecule has 0 heterocycles. The van der Waals surface area contributed by atoms with Gasteiger partial charge >= 0.3 is 0 Å². The van der Waals surface area contributed by atoms with Gasteiger partial charge in [-0.3, -0.25) is 4.79 Å². The third kappa shape index (κ3) is 7.63. The molecule has 0 unspecified atom stereocenters. The van der Waals surface area contributed by atoms with Crippen LogP contribution in [0.5, 0.6) is 0 Å². The first-order chi connectivity index (χ1) is 10.8. The Morgan fingerprint density at radius 1 is 0.818 bits per heavy atom. The molecule has 0 aliphatic carbocycles. The second-order valence-corrected chi connectivity index (χ2v) is 6.11. The molecule has 0 saturated heterocycles. The highest BCUT2D eigenvalue weighted by Crippen LogP contribution is 2.17. The predicted octanol–water partition coefficient (Wildman–Crippen LogP) is 5.96.